The second kappa shape index (κ2) is 4.11. The number of rotatable bonds is 1. The van der Waals surface area contributed by atoms with Crippen molar-refractivity contribution in [3.05, 3.63) is 29.3 Å². The zero-order valence-electron chi connectivity index (χ0n) is 6.99. The molecule has 0 heterocycles. The second-order valence-corrected chi connectivity index (χ2v) is 2.78. The molecule has 70 valence electrons. The third-order valence-corrected chi connectivity index (χ3v) is 1.73. The Kier molecular flexibility index (Phi) is 3.11. The van der Waals surface area contributed by atoms with Crippen LogP contribution in [0.4, 0.5) is 10.5 Å². The van der Waals surface area contributed by atoms with E-state index in [-0.39, 0.29) is 0 Å². The minimum atomic E-state index is -0.595. The Hall–Kier alpha value is -1.26. The van der Waals surface area contributed by atoms with Crippen LogP contribution in [0.5, 0.6) is 0 Å². The normalized spacial score (nSPS) is 9.46. The summed E-state index contributed by atoms with van der Waals surface area (Å²) in [6, 6.07) is 5.66. The Balaban J connectivity index is 2.83. The Morgan fingerprint density at radius 1 is 1.46 bits per heavy atom. The van der Waals surface area contributed by atoms with Gasteiger partial charge >= 0.3 is 6.03 Å². The summed E-state index contributed by atoms with van der Waals surface area (Å²) < 4.78 is 0. The van der Waals surface area contributed by atoms with Crippen molar-refractivity contribution in [2.45, 2.75) is 0 Å². The maximum atomic E-state index is 10.9. The zero-order valence-corrected chi connectivity index (χ0v) is 7.75. The number of carbonyl (C=O) groups excluding carboxylic acids is 1. The van der Waals surface area contributed by atoms with Gasteiger partial charge in [-0.3, -0.25) is 5.21 Å². The highest BCUT2D eigenvalue weighted by Crippen LogP contribution is 2.16. The molecule has 13 heavy (non-hydrogen) atoms. The molecule has 0 aromatic heterocycles. The second-order valence-electron chi connectivity index (χ2n) is 2.34. The summed E-state index contributed by atoms with van der Waals surface area (Å²) in [5.41, 5.74) is 0.365. The van der Waals surface area contributed by atoms with E-state index in [9.17, 15) is 10.0 Å². The number of halogens is 1. The SMILES string of the molecule is CNC(=O)N(O)c1ccc(Cl)cc1. The molecule has 2 N–H and O–H groups in total. The molecule has 0 aliphatic carbocycles. The van der Waals surface area contributed by atoms with Crippen molar-refractivity contribution in [2.24, 2.45) is 0 Å². The molecule has 1 rings (SSSR count). The van der Waals surface area contributed by atoms with Crippen molar-refractivity contribution in [3.8, 4) is 0 Å². The molecule has 0 saturated carbocycles. The van der Waals surface area contributed by atoms with Crippen LogP contribution < -0.4 is 10.4 Å². The summed E-state index contributed by atoms with van der Waals surface area (Å²) in [5.74, 6) is 0. The zero-order chi connectivity index (χ0) is 9.84. The van der Waals surface area contributed by atoms with Crippen molar-refractivity contribution in [1.29, 1.82) is 0 Å². The van der Waals surface area contributed by atoms with Crippen LogP contribution in [0.1, 0.15) is 0 Å². The van der Waals surface area contributed by atoms with E-state index in [1.165, 1.54) is 19.2 Å². The summed E-state index contributed by atoms with van der Waals surface area (Å²) in [4.78, 5) is 10.9. The molecule has 2 amide bonds. The monoisotopic (exact) mass is 200 g/mol. The highest BCUT2D eigenvalue weighted by molar-refractivity contribution is 6.30. The molecule has 0 radical (unpaired) electrons. The highest BCUT2D eigenvalue weighted by Gasteiger charge is 2.09. The summed E-state index contributed by atoms with van der Waals surface area (Å²) in [6.07, 6.45) is 0. The number of amides is 2. The molecule has 0 unspecified atom stereocenters. The van der Waals surface area contributed by atoms with Crippen molar-refractivity contribution >= 4 is 23.3 Å². The lowest BCUT2D eigenvalue weighted by atomic mass is 10.3. The molecular formula is C8H9ClN2O2. The fourth-order valence-corrected chi connectivity index (χ4v) is 0.931. The molecule has 4 nitrogen and oxygen atoms in total. The van der Waals surface area contributed by atoms with E-state index >= 15 is 0 Å². The van der Waals surface area contributed by atoms with Gasteiger partial charge in [0.1, 0.15) is 0 Å². The van der Waals surface area contributed by atoms with Crippen LogP contribution in [0.15, 0.2) is 24.3 Å². The van der Waals surface area contributed by atoms with Gasteiger partial charge in [0.15, 0.2) is 0 Å². The van der Waals surface area contributed by atoms with Crippen LogP contribution in [0.25, 0.3) is 0 Å². The van der Waals surface area contributed by atoms with E-state index in [0.717, 1.165) is 0 Å². The molecule has 0 fully saturated rings. The molecule has 1 aromatic rings. The standard InChI is InChI=1S/C8H9ClN2O2/c1-10-8(12)11(13)7-4-2-6(9)3-5-7/h2-5,13H,1H3,(H,10,12). The molecule has 5 heteroatoms. The average Bonchev–Trinajstić information content (AvgIpc) is 2.17. The predicted octanol–water partition coefficient (Wildman–Crippen LogP) is 1.88. The lowest BCUT2D eigenvalue weighted by Crippen LogP contribution is -2.35. The minimum absolute atomic E-state index is 0.365. The smallest absolute Gasteiger partial charge is 0.339 e. The fraction of sp³-hybridized carbons (Fsp3) is 0.125. The molecule has 1 aromatic carbocycles. The van der Waals surface area contributed by atoms with Crippen molar-refractivity contribution in [1.82, 2.24) is 5.32 Å². The van der Waals surface area contributed by atoms with E-state index in [4.69, 9.17) is 11.6 Å². The van der Waals surface area contributed by atoms with E-state index in [0.29, 0.717) is 15.8 Å². The van der Waals surface area contributed by atoms with Crippen LogP contribution in [0, 0.1) is 0 Å². The number of nitrogens with one attached hydrogen (secondary N) is 1. The molecule has 0 atom stereocenters. The number of carbonyl (C=O) groups is 1. The van der Waals surface area contributed by atoms with Gasteiger partial charge < -0.3 is 5.32 Å². The summed E-state index contributed by atoms with van der Waals surface area (Å²) >= 11 is 5.63. The third-order valence-electron chi connectivity index (χ3n) is 1.48. The first-order valence-corrected chi connectivity index (χ1v) is 3.99. The number of anilines is 1. The summed E-state index contributed by atoms with van der Waals surface area (Å²) in [6.45, 7) is 0. The van der Waals surface area contributed by atoms with Crippen LogP contribution >= 0.6 is 11.6 Å². The minimum Gasteiger partial charge on any atom is -0.339 e. The molecule has 0 aliphatic heterocycles. The lowest BCUT2D eigenvalue weighted by molar-refractivity contribution is 0.206. The Morgan fingerprint density at radius 3 is 2.46 bits per heavy atom. The topological polar surface area (TPSA) is 52.6 Å². The van der Waals surface area contributed by atoms with Gasteiger partial charge in [0.25, 0.3) is 0 Å². The lowest BCUT2D eigenvalue weighted by Gasteiger charge is -2.13. The third kappa shape index (κ3) is 2.34. The van der Waals surface area contributed by atoms with Gasteiger partial charge in [-0.1, -0.05) is 11.6 Å². The number of nitrogens with zero attached hydrogens (tertiary/aromatic N) is 1. The van der Waals surface area contributed by atoms with Gasteiger partial charge in [-0.15, -0.1) is 0 Å². The quantitative estimate of drug-likeness (QED) is 0.537. The van der Waals surface area contributed by atoms with E-state index < -0.39 is 6.03 Å². The van der Waals surface area contributed by atoms with E-state index in [1.807, 2.05) is 0 Å². The van der Waals surface area contributed by atoms with Gasteiger partial charge in [-0.05, 0) is 24.3 Å². The maximum absolute atomic E-state index is 10.9. The molecule has 0 aliphatic rings. The molecular weight excluding hydrogens is 192 g/mol. The number of benzene rings is 1. The summed E-state index contributed by atoms with van der Waals surface area (Å²) in [7, 11) is 1.43. The summed E-state index contributed by atoms with van der Waals surface area (Å²) in [5, 5.41) is 12.6. The first-order chi connectivity index (χ1) is 6.15. The van der Waals surface area contributed by atoms with Crippen molar-refractivity contribution in [2.75, 3.05) is 12.1 Å². The van der Waals surface area contributed by atoms with Gasteiger partial charge in [0.05, 0.1) is 5.69 Å². The number of hydroxylamine groups is 1. The fourth-order valence-electron chi connectivity index (χ4n) is 0.805. The molecule has 0 spiro atoms. The van der Waals surface area contributed by atoms with Crippen LogP contribution in [0.2, 0.25) is 5.02 Å². The highest BCUT2D eigenvalue weighted by atomic mass is 35.5. The number of hydrogen-bond acceptors (Lipinski definition) is 2. The van der Waals surface area contributed by atoms with Crippen molar-refractivity contribution in [3.63, 3.8) is 0 Å². The number of urea groups is 1. The molecule has 0 bridgehead atoms. The van der Waals surface area contributed by atoms with Crippen LogP contribution in [-0.2, 0) is 0 Å². The van der Waals surface area contributed by atoms with Gasteiger partial charge in [0.2, 0.25) is 0 Å². The molecule has 0 saturated heterocycles. The van der Waals surface area contributed by atoms with E-state index in [1.54, 1.807) is 12.1 Å². The Morgan fingerprint density at radius 2 is 2.00 bits per heavy atom. The van der Waals surface area contributed by atoms with Crippen LogP contribution in [0.3, 0.4) is 0 Å². The average molecular weight is 201 g/mol. The Labute approximate surface area is 80.7 Å². The first kappa shape index (κ1) is 9.83. The van der Waals surface area contributed by atoms with E-state index in [2.05, 4.69) is 5.32 Å². The van der Waals surface area contributed by atoms with Gasteiger partial charge in [-0.2, -0.15) is 5.06 Å². The largest absolute Gasteiger partial charge is 0.345 e. The van der Waals surface area contributed by atoms with Crippen LogP contribution in [-0.4, -0.2) is 18.3 Å². The van der Waals surface area contributed by atoms with Crippen molar-refractivity contribution < 1.29 is 10.0 Å². The van der Waals surface area contributed by atoms with Gasteiger partial charge in [-0.25, -0.2) is 4.79 Å². The maximum Gasteiger partial charge on any atom is 0.345 e. The first-order valence-electron chi connectivity index (χ1n) is 3.61. The number of hydrogen-bond donors (Lipinski definition) is 2. The Bertz CT molecular complexity index is 300. The predicted molar refractivity (Wildman–Crippen MR) is 50.2 cm³/mol. The van der Waals surface area contributed by atoms with Gasteiger partial charge in [0, 0.05) is 12.1 Å².